The molecule has 1 aromatic heterocycles. The van der Waals surface area contributed by atoms with Crippen molar-refractivity contribution in [1.29, 1.82) is 0 Å². The summed E-state index contributed by atoms with van der Waals surface area (Å²) in [4.78, 5) is 8.26. The van der Waals surface area contributed by atoms with Gasteiger partial charge in [-0.05, 0) is 250 Å². The third kappa shape index (κ3) is 8.67. The lowest BCUT2D eigenvalue weighted by Crippen LogP contribution is -2.61. The highest BCUT2D eigenvalue weighted by molar-refractivity contribution is 7.33. The van der Waals surface area contributed by atoms with E-state index < -0.39 is 0 Å². The van der Waals surface area contributed by atoms with Gasteiger partial charge in [-0.1, -0.05) is 216 Å². The van der Waals surface area contributed by atoms with E-state index in [0.717, 1.165) is 42.7 Å². The SMILES string of the molecule is CC(C)(C)c1ccc2sc3c(c2c1)N(c1ccc2c(c1)C(C)(C)CCC2(C)C)c1cc(N(c2ccc4c(c2)C(C)(C)c2ccccc2-4)c2ccc4c(c2)C(C)(C)c2ccccc2-4)cc2c1B3c1cc3c(cc1N2c1ccc2c(c1)C(C)(C)CCC2(C)C)C(C)(C)CCC3(C)C. The Balaban J connectivity index is 1.04. The minimum atomic E-state index is -0.213. The molecule has 2 aliphatic heterocycles. The average molecular weight is 1260 g/mol. The van der Waals surface area contributed by atoms with Gasteiger partial charge in [0.25, 0.3) is 6.71 Å². The summed E-state index contributed by atoms with van der Waals surface area (Å²) in [6, 6.07) is 66.9. The maximum atomic E-state index is 2.80. The summed E-state index contributed by atoms with van der Waals surface area (Å²) in [7, 11) is 0. The van der Waals surface area contributed by atoms with Crippen LogP contribution in [0.3, 0.4) is 0 Å². The van der Waals surface area contributed by atoms with Crippen LogP contribution in [0.4, 0.5) is 51.2 Å². The third-order valence-electron chi connectivity index (χ3n) is 25.6. The molecule has 7 aliphatic rings. The van der Waals surface area contributed by atoms with Crippen LogP contribution in [-0.4, -0.2) is 6.71 Å². The Bertz CT molecular complexity index is 4880. The summed E-state index contributed by atoms with van der Waals surface area (Å²) in [5.41, 5.74) is 34.6. The lowest BCUT2D eigenvalue weighted by atomic mass is 9.35. The second kappa shape index (κ2) is 19.6. The van der Waals surface area contributed by atoms with Crippen LogP contribution >= 0.6 is 11.3 Å². The topological polar surface area (TPSA) is 9.72 Å². The highest BCUT2D eigenvalue weighted by Gasteiger charge is 2.50. The minimum absolute atomic E-state index is 0.00651. The maximum Gasteiger partial charge on any atom is 0.264 e. The quantitative estimate of drug-likeness (QED) is 0.159. The van der Waals surface area contributed by atoms with Gasteiger partial charge in [0, 0.05) is 65.5 Å². The van der Waals surface area contributed by atoms with Crippen LogP contribution in [0, 0.1) is 0 Å². The van der Waals surface area contributed by atoms with E-state index in [1.54, 1.807) is 0 Å². The second-order valence-electron chi connectivity index (χ2n) is 36.1. The molecule has 0 saturated carbocycles. The smallest absolute Gasteiger partial charge is 0.264 e. The molecule has 0 atom stereocenters. The van der Waals surface area contributed by atoms with E-state index in [2.05, 4.69) is 310 Å². The van der Waals surface area contributed by atoms with Crippen molar-refractivity contribution in [2.24, 2.45) is 0 Å². The maximum absolute atomic E-state index is 2.80. The fourth-order valence-corrected chi connectivity index (χ4v) is 20.5. The molecule has 480 valence electrons. The van der Waals surface area contributed by atoms with Gasteiger partial charge in [0.15, 0.2) is 0 Å². The Morgan fingerprint density at radius 3 is 1.29 bits per heavy atom. The molecule has 17 rings (SSSR count). The zero-order valence-corrected chi connectivity index (χ0v) is 61.0. The number of rotatable bonds is 5. The average Bonchev–Trinajstić information content (AvgIpc) is 1.65. The lowest BCUT2D eigenvalue weighted by molar-refractivity contribution is 0.332. The number of benzene rings is 9. The van der Waals surface area contributed by atoms with Gasteiger partial charge in [-0.2, -0.15) is 0 Å². The Labute approximate surface area is 572 Å². The van der Waals surface area contributed by atoms with Gasteiger partial charge in [0.2, 0.25) is 0 Å². The summed E-state index contributed by atoms with van der Waals surface area (Å²) in [6.07, 6.45) is 6.92. The van der Waals surface area contributed by atoms with E-state index in [4.69, 9.17) is 0 Å². The van der Waals surface area contributed by atoms with Crippen LogP contribution in [-0.2, 0) is 48.7 Å². The van der Waals surface area contributed by atoms with Crippen LogP contribution in [0.1, 0.15) is 231 Å². The van der Waals surface area contributed by atoms with Crippen molar-refractivity contribution in [1.82, 2.24) is 0 Å². The fraction of sp³-hybridized carbons (Fsp3) is 0.378. The van der Waals surface area contributed by atoms with Crippen molar-refractivity contribution in [3.63, 3.8) is 0 Å². The first-order valence-electron chi connectivity index (χ1n) is 35.8. The van der Waals surface area contributed by atoms with Gasteiger partial charge in [-0.3, -0.25) is 0 Å². The van der Waals surface area contributed by atoms with Crippen LogP contribution in [0.25, 0.3) is 32.3 Å². The predicted octanol–water partition coefficient (Wildman–Crippen LogP) is 23.4. The molecule has 0 unspecified atom stereocenters. The highest BCUT2D eigenvalue weighted by atomic mass is 32.1. The molecule has 0 bridgehead atoms. The van der Waals surface area contributed by atoms with Crippen molar-refractivity contribution in [3.8, 4) is 22.3 Å². The molecule has 95 heavy (non-hydrogen) atoms. The molecule has 3 nitrogen and oxygen atoms in total. The van der Waals surface area contributed by atoms with Gasteiger partial charge < -0.3 is 14.7 Å². The van der Waals surface area contributed by atoms with Crippen molar-refractivity contribution in [2.45, 2.75) is 219 Å². The van der Waals surface area contributed by atoms with Gasteiger partial charge in [0.1, 0.15) is 0 Å². The zero-order chi connectivity index (χ0) is 66.6. The minimum Gasteiger partial charge on any atom is -0.311 e. The molecule has 0 N–H and O–H groups in total. The second-order valence-corrected chi connectivity index (χ2v) is 37.2. The molecular weight excluding hydrogens is 1170 g/mol. The Kier molecular flexibility index (Phi) is 12.6. The highest BCUT2D eigenvalue weighted by Crippen LogP contribution is 2.59. The van der Waals surface area contributed by atoms with Gasteiger partial charge in [-0.15, -0.1) is 11.3 Å². The van der Waals surface area contributed by atoms with Crippen molar-refractivity contribution >= 4 is 95.0 Å². The lowest BCUT2D eigenvalue weighted by Gasteiger charge is -2.48. The van der Waals surface area contributed by atoms with Crippen LogP contribution in [0.2, 0.25) is 0 Å². The molecule has 0 saturated heterocycles. The number of hydrogen-bond acceptors (Lipinski definition) is 4. The van der Waals surface area contributed by atoms with Crippen molar-refractivity contribution in [2.75, 3.05) is 14.7 Å². The first kappa shape index (κ1) is 61.0. The molecule has 3 heterocycles. The van der Waals surface area contributed by atoms with Crippen molar-refractivity contribution in [3.05, 3.63) is 225 Å². The predicted molar refractivity (Wildman–Crippen MR) is 410 cm³/mol. The molecule has 0 spiro atoms. The molecule has 10 aromatic rings. The summed E-state index contributed by atoms with van der Waals surface area (Å²) in [5.74, 6) is 0. The molecule has 0 fully saturated rings. The molecule has 5 aliphatic carbocycles. The third-order valence-corrected chi connectivity index (χ3v) is 26.8. The Hall–Kier alpha value is -7.60. The number of nitrogens with zero attached hydrogens (tertiary/aromatic N) is 3. The fourth-order valence-electron chi connectivity index (χ4n) is 19.2. The summed E-state index contributed by atoms with van der Waals surface area (Å²) >= 11 is 2.05. The summed E-state index contributed by atoms with van der Waals surface area (Å²) < 4.78 is 2.78. The molecule has 5 heteroatoms. The van der Waals surface area contributed by atoms with Crippen LogP contribution in [0.5, 0.6) is 0 Å². The van der Waals surface area contributed by atoms with E-state index in [1.165, 1.54) is 156 Å². The van der Waals surface area contributed by atoms with E-state index in [0.29, 0.717) is 0 Å². The van der Waals surface area contributed by atoms with Gasteiger partial charge in [-0.25, -0.2) is 0 Å². The summed E-state index contributed by atoms with van der Waals surface area (Å²) in [5, 5.41) is 1.34. The number of thiophene rings is 1. The molecular formula is C90H96BN3S. The normalized spacial score (nSPS) is 19.9. The zero-order valence-electron chi connectivity index (χ0n) is 60.2. The summed E-state index contributed by atoms with van der Waals surface area (Å²) in [6.45, 7) is 46.9. The number of anilines is 9. The monoisotopic (exact) mass is 1260 g/mol. The van der Waals surface area contributed by atoms with Crippen LogP contribution in [0.15, 0.2) is 164 Å². The van der Waals surface area contributed by atoms with E-state index in [-0.39, 0.29) is 55.4 Å². The van der Waals surface area contributed by atoms with Crippen LogP contribution < -0.4 is 30.4 Å². The number of hydrogen-bond donors (Lipinski definition) is 0. The Morgan fingerprint density at radius 1 is 0.368 bits per heavy atom. The largest absolute Gasteiger partial charge is 0.311 e. The van der Waals surface area contributed by atoms with E-state index in [9.17, 15) is 0 Å². The van der Waals surface area contributed by atoms with Crippen molar-refractivity contribution < 1.29 is 0 Å². The van der Waals surface area contributed by atoms with E-state index in [1.807, 2.05) is 11.3 Å². The first-order valence-corrected chi connectivity index (χ1v) is 36.6. The van der Waals surface area contributed by atoms with Gasteiger partial charge in [0.05, 0.1) is 11.4 Å². The standard InChI is InChI=1S/C90H96BN3S/c1-82(2,3)53-28-37-78-63(44-53)80-81(95-78)91-74-51-72-73(88(14,15)43-42-87(72,12)13)52-75(74)93(56-31-35-66-70(47-56)85(8,9)40-38-83(66,4)5)76-49-58(50-77(79(76)91)94(80)57-32-36-67-71(48-57)86(10,11)41-39-84(67,6)7)92(54-29-33-61-59-24-20-22-26-64(59)89(16,17)68(61)45-54)55-30-34-62-60-25-21-23-27-65(60)90(18,19)69(62)46-55/h20-37,44-52H,38-43H2,1-19H3. The van der Waals surface area contributed by atoms with E-state index >= 15 is 0 Å². The van der Waals surface area contributed by atoms with Gasteiger partial charge >= 0.3 is 0 Å². The molecule has 9 aromatic carbocycles. The Morgan fingerprint density at radius 2 is 0.800 bits per heavy atom. The first-order chi connectivity index (χ1) is 44.7. The molecule has 0 radical (unpaired) electrons. The molecule has 0 amide bonds. The number of fused-ring (bicyclic) bond motifs is 15.